The van der Waals surface area contributed by atoms with Crippen LogP contribution in [0.5, 0.6) is 0 Å². The molecule has 0 atom stereocenters. The molecule has 0 aliphatic carbocycles. The molecule has 1 nitrogen and oxygen atoms in total. The van der Waals surface area contributed by atoms with Gasteiger partial charge in [0.2, 0.25) is 0 Å². The van der Waals surface area contributed by atoms with E-state index in [9.17, 15) is 34.5 Å². The molecular formula is C10H23B2F8NS. The number of rotatable bonds is 5. The maximum absolute atomic E-state index is 9.75. The lowest BCUT2D eigenvalue weighted by Gasteiger charge is -2.30. The molecule has 0 heterocycles. The fourth-order valence-corrected chi connectivity index (χ4v) is 1.74. The van der Waals surface area contributed by atoms with Crippen molar-refractivity contribution >= 4 is 25.4 Å². The fraction of sp³-hybridized carbons (Fsp3) is 0.800. The SMILES string of the molecule is CC[N+](/C=C/[S+](C)C)(CC)CC.F[B-](F)(F)F.F[B-](F)(F)F. The average Bonchev–Trinajstić information content (AvgIpc) is 2.27. The van der Waals surface area contributed by atoms with Gasteiger partial charge in [0.15, 0.2) is 5.41 Å². The summed E-state index contributed by atoms with van der Waals surface area (Å²) in [5.41, 5.74) is 0. The van der Waals surface area contributed by atoms with Crippen molar-refractivity contribution in [2.24, 2.45) is 0 Å². The Kier molecular flexibility index (Phi) is 14.6. The Bertz CT molecular complexity index is 257. The summed E-state index contributed by atoms with van der Waals surface area (Å²) in [5.74, 6) is 0. The number of halogens is 8. The molecule has 0 spiro atoms. The predicted molar refractivity (Wildman–Crippen MR) is 80.6 cm³/mol. The number of hydrogen-bond donors (Lipinski definition) is 0. The normalized spacial score (nSPS) is 12.6. The van der Waals surface area contributed by atoms with E-state index in [1.807, 2.05) is 0 Å². The summed E-state index contributed by atoms with van der Waals surface area (Å²) in [4.78, 5) is 0. The molecular weight excluding hydrogens is 340 g/mol. The first-order chi connectivity index (χ1) is 9.60. The van der Waals surface area contributed by atoms with Gasteiger partial charge in [-0.05, 0) is 20.8 Å². The highest BCUT2D eigenvalue weighted by molar-refractivity contribution is 7.98. The largest absolute Gasteiger partial charge is 0.673 e. The number of hydrogen-bond acceptors (Lipinski definition) is 0. The van der Waals surface area contributed by atoms with E-state index >= 15 is 0 Å². The van der Waals surface area contributed by atoms with E-state index in [0.29, 0.717) is 10.9 Å². The molecule has 0 rings (SSSR count). The molecule has 0 unspecified atom stereocenters. The summed E-state index contributed by atoms with van der Waals surface area (Å²) in [7, 11) is -11.6. The third-order valence-corrected chi connectivity index (χ3v) is 3.20. The lowest BCUT2D eigenvalue weighted by Crippen LogP contribution is -2.42. The zero-order valence-corrected chi connectivity index (χ0v) is 14.1. The average molecular weight is 363 g/mol. The van der Waals surface area contributed by atoms with Crippen molar-refractivity contribution in [3.63, 3.8) is 0 Å². The van der Waals surface area contributed by atoms with Crippen LogP contribution in [0.1, 0.15) is 20.8 Å². The second kappa shape index (κ2) is 12.1. The number of quaternary nitrogens is 1. The topological polar surface area (TPSA) is 0 Å². The highest BCUT2D eigenvalue weighted by Gasteiger charge is 2.21. The lowest BCUT2D eigenvalue weighted by molar-refractivity contribution is -0.874. The first-order valence-electron chi connectivity index (χ1n) is 6.46. The molecule has 0 radical (unpaired) electrons. The van der Waals surface area contributed by atoms with Gasteiger partial charge in [0.1, 0.15) is 18.7 Å². The Morgan fingerprint density at radius 3 is 1.09 bits per heavy atom. The molecule has 0 amide bonds. The Labute approximate surface area is 129 Å². The highest BCUT2D eigenvalue weighted by Crippen LogP contribution is 2.08. The molecule has 0 aliphatic heterocycles. The second-order valence-corrected chi connectivity index (χ2v) is 6.35. The molecule has 0 aliphatic rings. The van der Waals surface area contributed by atoms with Gasteiger partial charge in [-0.15, -0.1) is 0 Å². The summed E-state index contributed by atoms with van der Waals surface area (Å²) < 4.78 is 79.1. The van der Waals surface area contributed by atoms with Crippen molar-refractivity contribution in [1.29, 1.82) is 0 Å². The van der Waals surface area contributed by atoms with Gasteiger partial charge in [-0.3, -0.25) is 4.48 Å². The standard InChI is InChI=1S/C10H23NS.2BF4/c1-6-11(7-2,8-3)9-10-12(4)5;2*2-1(3,4)5/h9-10H,6-8H2,1-5H3;;/q+2;2*-1/b10-9+;;. The van der Waals surface area contributed by atoms with Gasteiger partial charge in [0, 0.05) is 10.9 Å². The van der Waals surface area contributed by atoms with Crippen molar-refractivity contribution in [1.82, 2.24) is 0 Å². The van der Waals surface area contributed by atoms with Gasteiger partial charge < -0.3 is 34.5 Å². The molecule has 0 aromatic rings. The third kappa shape index (κ3) is 31.8. The number of nitrogens with zero attached hydrogens (tertiary/aromatic N) is 1. The van der Waals surface area contributed by atoms with Crippen LogP contribution in [0.25, 0.3) is 0 Å². The minimum atomic E-state index is -6.00. The molecule has 22 heavy (non-hydrogen) atoms. The van der Waals surface area contributed by atoms with Crippen LogP contribution in [-0.2, 0) is 10.9 Å². The quantitative estimate of drug-likeness (QED) is 0.285. The van der Waals surface area contributed by atoms with Crippen molar-refractivity contribution in [3.05, 3.63) is 11.6 Å². The van der Waals surface area contributed by atoms with Crippen LogP contribution in [0.4, 0.5) is 34.5 Å². The van der Waals surface area contributed by atoms with Gasteiger partial charge in [0.25, 0.3) is 0 Å². The van der Waals surface area contributed by atoms with Gasteiger partial charge in [0.05, 0.1) is 19.6 Å². The minimum Gasteiger partial charge on any atom is -0.418 e. The van der Waals surface area contributed by atoms with E-state index in [0.717, 1.165) is 4.48 Å². The third-order valence-electron chi connectivity index (χ3n) is 2.54. The Morgan fingerprint density at radius 1 is 0.727 bits per heavy atom. The first kappa shape index (κ1) is 26.5. The van der Waals surface area contributed by atoms with Gasteiger partial charge in [-0.2, -0.15) is 0 Å². The summed E-state index contributed by atoms with van der Waals surface area (Å²) in [6.07, 6.45) is 6.89. The zero-order valence-electron chi connectivity index (χ0n) is 13.3. The highest BCUT2D eigenvalue weighted by atomic mass is 32.2. The van der Waals surface area contributed by atoms with Crippen LogP contribution < -0.4 is 0 Å². The van der Waals surface area contributed by atoms with E-state index in [1.165, 1.54) is 19.6 Å². The lowest BCUT2D eigenvalue weighted by atomic mass is 10.3. The maximum Gasteiger partial charge on any atom is 0.673 e. The summed E-state index contributed by atoms with van der Waals surface area (Å²) in [6.45, 7) is 10.4. The van der Waals surface area contributed by atoms with Crippen LogP contribution in [0.3, 0.4) is 0 Å². The van der Waals surface area contributed by atoms with E-state index in [2.05, 4.69) is 44.9 Å². The molecule has 0 bridgehead atoms. The first-order valence-corrected chi connectivity index (χ1v) is 8.56. The van der Waals surface area contributed by atoms with Crippen LogP contribution in [0.2, 0.25) is 0 Å². The maximum atomic E-state index is 9.75. The van der Waals surface area contributed by atoms with Crippen molar-refractivity contribution in [3.8, 4) is 0 Å². The molecule has 136 valence electrons. The Morgan fingerprint density at radius 2 is 0.955 bits per heavy atom. The predicted octanol–water partition coefficient (Wildman–Crippen LogP) is 4.81. The van der Waals surface area contributed by atoms with Crippen LogP contribution in [0.15, 0.2) is 11.6 Å². The molecule has 0 fully saturated rings. The molecule has 0 aromatic carbocycles. The molecule has 0 saturated heterocycles. The second-order valence-electron chi connectivity index (χ2n) is 4.32. The van der Waals surface area contributed by atoms with E-state index in [1.54, 1.807) is 0 Å². The summed E-state index contributed by atoms with van der Waals surface area (Å²) in [6, 6.07) is 0. The van der Waals surface area contributed by atoms with Crippen molar-refractivity contribution in [2.45, 2.75) is 20.8 Å². The van der Waals surface area contributed by atoms with Crippen molar-refractivity contribution in [2.75, 3.05) is 32.1 Å². The van der Waals surface area contributed by atoms with E-state index in [-0.39, 0.29) is 0 Å². The molecule has 12 heteroatoms. The van der Waals surface area contributed by atoms with Crippen LogP contribution in [0, 0.1) is 0 Å². The molecule has 0 N–H and O–H groups in total. The smallest absolute Gasteiger partial charge is 0.418 e. The van der Waals surface area contributed by atoms with Crippen LogP contribution in [-0.4, -0.2) is 51.1 Å². The Hall–Kier alpha value is -0.380. The fourth-order valence-electron chi connectivity index (χ4n) is 1.24. The van der Waals surface area contributed by atoms with Gasteiger partial charge in [-0.25, -0.2) is 0 Å². The molecule has 0 saturated carbocycles. The van der Waals surface area contributed by atoms with E-state index in [4.69, 9.17) is 0 Å². The van der Waals surface area contributed by atoms with Gasteiger partial charge >= 0.3 is 14.5 Å². The Balaban J connectivity index is -0.000000298. The summed E-state index contributed by atoms with van der Waals surface area (Å²) in [5, 5.41) is 2.34. The van der Waals surface area contributed by atoms with Crippen LogP contribution >= 0.6 is 0 Å². The summed E-state index contributed by atoms with van der Waals surface area (Å²) >= 11 is 0. The minimum absolute atomic E-state index is 0.437. The van der Waals surface area contributed by atoms with Crippen molar-refractivity contribution < 1.29 is 39.0 Å². The monoisotopic (exact) mass is 363 g/mol. The van der Waals surface area contributed by atoms with Gasteiger partial charge in [-0.1, -0.05) is 0 Å². The zero-order chi connectivity index (χ0) is 18.6. The molecule has 0 aromatic heterocycles. The van der Waals surface area contributed by atoms with E-state index < -0.39 is 14.5 Å².